The zero-order valence-corrected chi connectivity index (χ0v) is 15.9. The molecule has 0 atom stereocenters. The SMILES string of the molecule is Cc1ccc(CNc2nc3nc(CN4CCC(C)CC4)cc(=O)n3[nH]2)cc1. The first kappa shape index (κ1) is 17.7. The lowest BCUT2D eigenvalue weighted by Gasteiger charge is -2.29. The van der Waals surface area contributed by atoms with Crippen molar-refractivity contribution >= 4 is 11.7 Å². The Morgan fingerprint density at radius 3 is 2.67 bits per heavy atom. The van der Waals surface area contributed by atoms with Gasteiger partial charge in [0.25, 0.3) is 11.3 Å². The van der Waals surface area contributed by atoms with E-state index < -0.39 is 0 Å². The molecule has 7 heteroatoms. The number of aromatic amines is 1. The number of H-pyrrole nitrogens is 1. The van der Waals surface area contributed by atoms with Gasteiger partial charge in [-0.25, -0.2) is 4.98 Å². The molecule has 0 amide bonds. The number of hydrogen-bond acceptors (Lipinski definition) is 5. The van der Waals surface area contributed by atoms with Gasteiger partial charge >= 0.3 is 0 Å². The molecular formula is C20H26N6O. The van der Waals surface area contributed by atoms with Gasteiger partial charge in [0.1, 0.15) is 0 Å². The summed E-state index contributed by atoms with van der Waals surface area (Å²) in [6, 6.07) is 9.91. The largest absolute Gasteiger partial charge is 0.351 e. The van der Waals surface area contributed by atoms with Gasteiger partial charge in [0.15, 0.2) is 0 Å². The smallest absolute Gasteiger partial charge is 0.274 e. The third kappa shape index (κ3) is 4.19. The van der Waals surface area contributed by atoms with Gasteiger partial charge in [-0.1, -0.05) is 36.8 Å². The molecule has 1 aliphatic rings. The fourth-order valence-electron chi connectivity index (χ4n) is 3.43. The van der Waals surface area contributed by atoms with Gasteiger partial charge in [-0.15, -0.1) is 0 Å². The second-order valence-corrected chi connectivity index (χ2v) is 7.59. The lowest BCUT2D eigenvalue weighted by molar-refractivity contribution is 0.183. The molecule has 1 aromatic carbocycles. The molecule has 3 heterocycles. The maximum absolute atomic E-state index is 12.4. The number of piperidine rings is 1. The van der Waals surface area contributed by atoms with E-state index in [1.807, 2.05) is 0 Å². The van der Waals surface area contributed by atoms with E-state index in [9.17, 15) is 4.79 Å². The molecule has 0 saturated carbocycles. The molecule has 142 valence electrons. The van der Waals surface area contributed by atoms with Crippen LogP contribution in [0.1, 0.15) is 36.6 Å². The first-order valence-corrected chi connectivity index (χ1v) is 9.57. The Hall–Kier alpha value is -2.67. The Labute approximate surface area is 158 Å². The second kappa shape index (κ2) is 7.52. The summed E-state index contributed by atoms with van der Waals surface area (Å²) in [7, 11) is 0. The highest BCUT2D eigenvalue weighted by Crippen LogP contribution is 2.17. The lowest BCUT2D eigenvalue weighted by atomic mass is 9.99. The van der Waals surface area contributed by atoms with Crippen LogP contribution < -0.4 is 10.9 Å². The van der Waals surface area contributed by atoms with Gasteiger partial charge in [0.2, 0.25) is 5.95 Å². The summed E-state index contributed by atoms with van der Waals surface area (Å²) in [5.41, 5.74) is 3.04. The number of aryl methyl sites for hydroxylation is 1. The van der Waals surface area contributed by atoms with Crippen molar-refractivity contribution in [3.05, 3.63) is 57.5 Å². The van der Waals surface area contributed by atoms with Crippen LogP contribution in [0.2, 0.25) is 0 Å². The third-order valence-corrected chi connectivity index (χ3v) is 5.23. The number of hydrogen-bond donors (Lipinski definition) is 2. The van der Waals surface area contributed by atoms with E-state index in [-0.39, 0.29) is 5.56 Å². The minimum absolute atomic E-state index is 0.128. The first-order valence-electron chi connectivity index (χ1n) is 9.57. The molecule has 4 rings (SSSR count). The van der Waals surface area contributed by atoms with Crippen molar-refractivity contribution in [2.45, 2.75) is 39.8 Å². The van der Waals surface area contributed by atoms with Crippen LogP contribution in [-0.2, 0) is 13.1 Å². The molecule has 1 aliphatic heterocycles. The van der Waals surface area contributed by atoms with Crippen LogP contribution in [0.4, 0.5) is 5.95 Å². The van der Waals surface area contributed by atoms with Crippen molar-refractivity contribution in [1.82, 2.24) is 24.5 Å². The summed E-state index contributed by atoms with van der Waals surface area (Å²) < 4.78 is 1.39. The van der Waals surface area contributed by atoms with Crippen LogP contribution in [-0.4, -0.2) is 37.6 Å². The zero-order chi connectivity index (χ0) is 18.8. The molecule has 27 heavy (non-hydrogen) atoms. The van der Waals surface area contributed by atoms with Crippen molar-refractivity contribution in [3.63, 3.8) is 0 Å². The fourth-order valence-corrected chi connectivity index (χ4v) is 3.43. The number of nitrogens with one attached hydrogen (secondary N) is 2. The standard InChI is InChI=1S/C20H26N6O/c1-14-3-5-16(6-4-14)12-21-19-23-20-22-17(11-18(27)26(20)24-19)13-25-9-7-15(2)8-10-25/h3-6,11,15H,7-10,12-13H2,1-2H3,(H2,21,22,23,24). The molecule has 0 bridgehead atoms. The molecule has 3 aromatic rings. The molecule has 0 spiro atoms. The monoisotopic (exact) mass is 366 g/mol. The Balaban J connectivity index is 1.47. The van der Waals surface area contributed by atoms with Crippen molar-refractivity contribution in [2.75, 3.05) is 18.4 Å². The Morgan fingerprint density at radius 2 is 1.93 bits per heavy atom. The number of nitrogens with zero attached hydrogens (tertiary/aromatic N) is 4. The molecule has 2 aromatic heterocycles. The van der Waals surface area contributed by atoms with Gasteiger partial charge in [0, 0.05) is 19.2 Å². The molecule has 0 aliphatic carbocycles. The highest BCUT2D eigenvalue weighted by Gasteiger charge is 2.17. The summed E-state index contributed by atoms with van der Waals surface area (Å²) in [5, 5.41) is 6.21. The maximum Gasteiger partial charge on any atom is 0.274 e. The van der Waals surface area contributed by atoms with Gasteiger partial charge < -0.3 is 5.32 Å². The quantitative estimate of drug-likeness (QED) is 0.726. The van der Waals surface area contributed by atoms with E-state index in [4.69, 9.17) is 0 Å². The van der Waals surface area contributed by atoms with Crippen LogP contribution in [0.25, 0.3) is 5.78 Å². The average molecular weight is 366 g/mol. The van der Waals surface area contributed by atoms with Crippen molar-refractivity contribution in [1.29, 1.82) is 0 Å². The number of likely N-dealkylation sites (tertiary alicyclic amines) is 1. The van der Waals surface area contributed by atoms with E-state index in [1.54, 1.807) is 6.07 Å². The van der Waals surface area contributed by atoms with Crippen molar-refractivity contribution in [2.24, 2.45) is 5.92 Å². The summed E-state index contributed by atoms with van der Waals surface area (Å²) in [5.74, 6) is 1.74. The minimum atomic E-state index is -0.128. The Bertz CT molecular complexity index is 966. The highest BCUT2D eigenvalue weighted by atomic mass is 16.1. The number of benzene rings is 1. The molecule has 1 fully saturated rings. The van der Waals surface area contributed by atoms with Crippen molar-refractivity contribution in [3.8, 4) is 0 Å². The predicted octanol–water partition coefficient (Wildman–Crippen LogP) is 2.57. The molecular weight excluding hydrogens is 340 g/mol. The normalized spacial score (nSPS) is 16.1. The fraction of sp³-hybridized carbons (Fsp3) is 0.450. The summed E-state index contributed by atoms with van der Waals surface area (Å²) in [4.78, 5) is 23.8. The van der Waals surface area contributed by atoms with E-state index >= 15 is 0 Å². The molecule has 1 saturated heterocycles. The van der Waals surface area contributed by atoms with Crippen LogP contribution in [0, 0.1) is 12.8 Å². The van der Waals surface area contributed by atoms with Crippen LogP contribution in [0.5, 0.6) is 0 Å². The summed E-state index contributed by atoms with van der Waals surface area (Å²) in [6.07, 6.45) is 2.41. The molecule has 7 nitrogen and oxygen atoms in total. The second-order valence-electron chi connectivity index (χ2n) is 7.59. The first-order chi connectivity index (χ1) is 13.1. The zero-order valence-electron chi connectivity index (χ0n) is 15.9. The van der Waals surface area contributed by atoms with E-state index in [0.29, 0.717) is 24.8 Å². The predicted molar refractivity (Wildman–Crippen MR) is 106 cm³/mol. The highest BCUT2D eigenvalue weighted by molar-refractivity contribution is 5.38. The van der Waals surface area contributed by atoms with E-state index in [2.05, 4.69) is 63.4 Å². The number of anilines is 1. The molecule has 2 N–H and O–H groups in total. The van der Waals surface area contributed by atoms with Crippen LogP contribution in [0.3, 0.4) is 0 Å². The van der Waals surface area contributed by atoms with Crippen LogP contribution in [0.15, 0.2) is 35.1 Å². The number of fused-ring (bicyclic) bond motifs is 1. The summed E-state index contributed by atoms with van der Waals surface area (Å²) >= 11 is 0. The number of rotatable bonds is 5. The van der Waals surface area contributed by atoms with Gasteiger partial charge in [-0.3, -0.25) is 14.8 Å². The Kier molecular flexibility index (Phi) is 4.94. The van der Waals surface area contributed by atoms with E-state index in [1.165, 1.54) is 22.9 Å². The third-order valence-electron chi connectivity index (χ3n) is 5.23. The Morgan fingerprint density at radius 1 is 1.19 bits per heavy atom. The topological polar surface area (TPSA) is 78.3 Å². The molecule has 0 radical (unpaired) electrons. The lowest BCUT2D eigenvalue weighted by Crippen LogP contribution is -2.33. The van der Waals surface area contributed by atoms with E-state index in [0.717, 1.165) is 30.3 Å². The van der Waals surface area contributed by atoms with Gasteiger partial charge in [-0.2, -0.15) is 9.50 Å². The minimum Gasteiger partial charge on any atom is -0.351 e. The van der Waals surface area contributed by atoms with Crippen molar-refractivity contribution < 1.29 is 0 Å². The average Bonchev–Trinajstić information content (AvgIpc) is 3.07. The number of aromatic nitrogens is 4. The van der Waals surface area contributed by atoms with Gasteiger partial charge in [0.05, 0.1) is 5.69 Å². The van der Waals surface area contributed by atoms with Gasteiger partial charge in [-0.05, 0) is 44.3 Å². The maximum atomic E-state index is 12.4. The molecule has 0 unspecified atom stereocenters. The van der Waals surface area contributed by atoms with Crippen LogP contribution >= 0.6 is 0 Å². The summed E-state index contributed by atoms with van der Waals surface area (Å²) in [6.45, 7) is 7.82.